The standard InChI is InChI=1S/C61H39NO/c1-2-14-40(15-3-1)43-16-12-17-44(38-43)41-28-32-45(33-29-41)62(46-34-30-42(31-35-46)48-22-13-23-54-53-21-7-11-27-59(53)63-60(48)54)47-36-37-52-51-20-6-10-26-57(51)61(58(52)39-47)55-24-8-4-18-49(55)50-19-5-9-25-56(50)61/h1-39H. The number of nitrogens with zero attached hydrogens (tertiary/aromatic N) is 1. The average Bonchev–Trinajstić information content (AvgIpc) is 3.99. The Morgan fingerprint density at radius 3 is 1.40 bits per heavy atom. The molecule has 0 N–H and O–H groups in total. The second-order valence-electron chi connectivity index (χ2n) is 16.8. The number of hydrogen-bond acceptors (Lipinski definition) is 2. The molecule has 63 heavy (non-hydrogen) atoms. The fourth-order valence-electron chi connectivity index (χ4n) is 10.7. The zero-order valence-electron chi connectivity index (χ0n) is 34.4. The van der Waals surface area contributed by atoms with E-state index in [1.807, 2.05) is 12.1 Å². The van der Waals surface area contributed by atoms with E-state index in [0.717, 1.165) is 50.1 Å². The van der Waals surface area contributed by atoms with Crippen LogP contribution in [0.1, 0.15) is 22.3 Å². The minimum absolute atomic E-state index is 0.441. The van der Waals surface area contributed by atoms with Gasteiger partial charge in [-0.25, -0.2) is 0 Å². The summed E-state index contributed by atoms with van der Waals surface area (Å²) in [6.45, 7) is 0. The molecule has 2 aliphatic carbocycles. The van der Waals surface area contributed by atoms with E-state index in [1.54, 1.807) is 0 Å². The van der Waals surface area contributed by atoms with E-state index in [-0.39, 0.29) is 0 Å². The Bertz CT molecular complexity index is 3500. The van der Waals surface area contributed by atoms with Gasteiger partial charge >= 0.3 is 0 Å². The van der Waals surface area contributed by atoms with Gasteiger partial charge in [-0.2, -0.15) is 0 Å². The third kappa shape index (κ3) is 5.32. The van der Waals surface area contributed by atoms with Crippen LogP contribution in [0, 0.1) is 0 Å². The number of anilines is 3. The van der Waals surface area contributed by atoms with E-state index in [0.29, 0.717) is 0 Å². The Morgan fingerprint density at radius 2 is 0.746 bits per heavy atom. The highest BCUT2D eigenvalue weighted by molar-refractivity contribution is 6.09. The first kappa shape index (κ1) is 35.5. The molecule has 294 valence electrons. The first-order valence-electron chi connectivity index (χ1n) is 21.7. The Hall–Kier alpha value is -8.20. The molecule has 0 saturated carbocycles. The van der Waals surface area contributed by atoms with Crippen molar-refractivity contribution in [2.75, 3.05) is 4.90 Å². The SMILES string of the molecule is c1ccc(-c2cccc(-c3ccc(N(c4ccc(-c5cccc6c5oc5ccccc56)cc4)c4ccc5c(c4)C4(c6ccccc6-c6ccccc64)c4ccccc4-5)cc3)c2)cc1. The largest absolute Gasteiger partial charge is 0.455 e. The summed E-state index contributed by atoms with van der Waals surface area (Å²) in [7, 11) is 0. The van der Waals surface area contributed by atoms with E-state index in [1.165, 1.54) is 66.8 Å². The van der Waals surface area contributed by atoms with Gasteiger partial charge in [0.15, 0.2) is 0 Å². The van der Waals surface area contributed by atoms with Crippen LogP contribution in [-0.4, -0.2) is 0 Å². The highest BCUT2D eigenvalue weighted by Gasteiger charge is 2.51. The molecule has 11 aromatic rings. The topological polar surface area (TPSA) is 16.4 Å². The molecule has 0 bridgehead atoms. The van der Waals surface area contributed by atoms with Crippen molar-refractivity contribution in [3.05, 3.63) is 259 Å². The minimum Gasteiger partial charge on any atom is -0.455 e. The molecule has 0 fully saturated rings. The first-order valence-corrected chi connectivity index (χ1v) is 21.7. The molecule has 2 nitrogen and oxygen atoms in total. The smallest absolute Gasteiger partial charge is 0.143 e. The second-order valence-corrected chi connectivity index (χ2v) is 16.8. The van der Waals surface area contributed by atoms with Crippen molar-refractivity contribution < 1.29 is 4.42 Å². The molecule has 1 aromatic heterocycles. The predicted molar refractivity (Wildman–Crippen MR) is 261 cm³/mol. The number of fused-ring (bicyclic) bond motifs is 13. The Balaban J connectivity index is 0.978. The monoisotopic (exact) mass is 801 g/mol. The molecule has 2 aliphatic rings. The van der Waals surface area contributed by atoms with Crippen molar-refractivity contribution in [1.29, 1.82) is 0 Å². The first-order chi connectivity index (χ1) is 31.2. The fourth-order valence-corrected chi connectivity index (χ4v) is 10.7. The third-order valence-corrected chi connectivity index (χ3v) is 13.5. The van der Waals surface area contributed by atoms with Crippen LogP contribution in [0.4, 0.5) is 17.1 Å². The molecule has 0 amide bonds. The van der Waals surface area contributed by atoms with Gasteiger partial charge in [0.05, 0.1) is 5.41 Å². The lowest BCUT2D eigenvalue weighted by Crippen LogP contribution is -2.26. The highest BCUT2D eigenvalue weighted by atomic mass is 16.3. The van der Waals surface area contributed by atoms with E-state index in [2.05, 4.69) is 229 Å². The van der Waals surface area contributed by atoms with E-state index in [9.17, 15) is 0 Å². The molecule has 0 aliphatic heterocycles. The van der Waals surface area contributed by atoms with Crippen molar-refractivity contribution in [3.63, 3.8) is 0 Å². The Kier molecular flexibility index (Phi) is 7.85. The number of benzene rings is 10. The van der Waals surface area contributed by atoms with E-state index in [4.69, 9.17) is 4.42 Å². The van der Waals surface area contributed by atoms with Gasteiger partial charge < -0.3 is 9.32 Å². The lowest BCUT2D eigenvalue weighted by molar-refractivity contribution is 0.670. The van der Waals surface area contributed by atoms with Crippen LogP contribution in [0.25, 0.3) is 77.6 Å². The van der Waals surface area contributed by atoms with Gasteiger partial charge in [-0.15, -0.1) is 0 Å². The van der Waals surface area contributed by atoms with Gasteiger partial charge in [0.25, 0.3) is 0 Å². The summed E-state index contributed by atoms with van der Waals surface area (Å²) >= 11 is 0. The van der Waals surface area contributed by atoms with Gasteiger partial charge in [-0.05, 0) is 121 Å². The number of para-hydroxylation sites is 2. The molecule has 2 heteroatoms. The lowest BCUT2D eigenvalue weighted by atomic mass is 9.70. The fraction of sp³-hybridized carbons (Fsp3) is 0.0164. The van der Waals surface area contributed by atoms with Crippen molar-refractivity contribution >= 4 is 39.0 Å². The summed E-state index contributed by atoms with van der Waals surface area (Å²) in [5, 5.41) is 2.27. The predicted octanol–water partition coefficient (Wildman–Crippen LogP) is 16.4. The molecule has 0 saturated heterocycles. The Labute approximate surface area is 366 Å². The van der Waals surface area contributed by atoms with Crippen LogP contribution in [0.3, 0.4) is 0 Å². The third-order valence-electron chi connectivity index (χ3n) is 13.5. The summed E-state index contributed by atoms with van der Waals surface area (Å²) in [5.74, 6) is 0. The van der Waals surface area contributed by atoms with Crippen molar-refractivity contribution in [2.45, 2.75) is 5.41 Å². The van der Waals surface area contributed by atoms with E-state index >= 15 is 0 Å². The number of hydrogen-bond donors (Lipinski definition) is 0. The molecular formula is C61H39NO. The molecule has 10 aromatic carbocycles. The molecule has 0 unspecified atom stereocenters. The molecule has 0 atom stereocenters. The van der Waals surface area contributed by atoms with Crippen LogP contribution in [0.5, 0.6) is 0 Å². The van der Waals surface area contributed by atoms with Gasteiger partial charge in [-0.3, -0.25) is 0 Å². The van der Waals surface area contributed by atoms with Crippen molar-refractivity contribution in [3.8, 4) is 55.6 Å². The summed E-state index contributed by atoms with van der Waals surface area (Å²) in [6, 6.07) is 86.4. The minimum atomic E-state index is -0.441. The summed E-state index contributed by atoms with van der Waals surface area (Å²) in [4.78, 5) is 2.42. The maximum absolute atomic E-state index is 6.49. The number of furan rings is 1. The molecule has 1 spiro atoms. The van der Waals surface area contributed by atoms with Crippen molar-refractivity contribution in [1.82, 2.24) is 0 Å². The van der Waals surface area contributed by atoms with Crippen LogP contribution in [-0.2, 0) is 5.41 Å². The maximum atomic E-state index is 6.49. The molecule has 13 rings (SSSR count). The average molecular weight is 802 g/mol. The van der Waals surface area contributed by atoms with Crippen LogP contribution < -0.4 is 4.90 Å². The van der Waals surface area contributed by atoms with Gasteiger partial charge in [0.1, 0.15) is 11.2 Å². The number of rotatable bonds is 6. The lowest BCUT2D eigenvalue weighted by Gasteiger charge is -2.32. The zero-order chi connectivity index (χ0) is 41.5. The van der Waals surface area contributed by atoms with E-state index < -0.39 is 5.41 Å². The van der Waals surface area contributed by atoms with Crippen LogP contribution in [0.15, 0.2) is 241 Å². The summed E-state index contributed by atoms with van der Waals surface area (Å²) in [5.41, 5.74) is 22.1. The van der Waals surface area contributed by atoms with Gasteiger partial charge in [0, 0.05) is 33.4 Å². The van der Waals surface area contributed by atoms with Crippen LogP contribution >= 0.6 is 0 Å². The van der Waals surface area contributed by atoms with Crippen LogP contribution in [0.2, 0.25) is 0 Å². The summed E-state index contributed by atoms with van der Waals surface area (Å²) in [6.07, 6.45) is 0. The zero-order valence-corrected chi connectivity index (χ0v) is 34.4. The summed E-state index contributed by atoms with van der Waals surface area (Å²) < 4.78 is 6.49. The maximum Gasteiger partial charge on any atom is 0.143 e. The molecule has 1 heterocycles. The van der Waals surface area contributed by atoms with Gasteiger partial charge in [-0.1, -0.05) is 188 Å². The quantitative estimate of drug-likeness (QED) is 0.167. The molecule has 0 radical (unpaired) electrons. The normalized spacial score (nSPS) is 12.9. The molecular weight excluding hydrogens is 763 g/mol. The Morgan fingerprint density at radius 1 is 0.286 bits per heavy atom. The van der Waals surface area contributed by atoms with Gasteiger partial charge in [0.2, 0.25) is 0 Å². The van der Waals surface area contributed by atoms with Crippen molar-refractivity contribution in [2.24, 2.45) is 0 Å². The highest BCUT2D eigenvalue weighted by Crippen LogP contribution is 2.63. The second kappa shape index (κ2) is 13.9.